The molecule has 1 atom stereocenters. The Labute approximate surface area is 87.7 Å². The van der Waals surface area contributed by atoms with Gasteiger partial charge >= 0.3 is 6.03 Å². The van der Waals surface area contributed by atoms with Gasteiger partial charge in [-0.25, -0.2) is 4.79 Å². The zero-order valence-electron chi connectivity index (χ0n) is 8.19. The molecular weight excluding hydrogens is 196 g/mol. The number of hydrogen-bond acceptors (Lipinski definition) is 2. The van der Waals surface area contributed by atoms with Gasteiger partial charge in [0.2, 0.25) is 0 Å². The van der Waals surface area contributed by atoms with E-state index in [1.54, 1.807) is 18.4 Å². The molecule has 14 heavy (non-hydrogen) atoms. The molecule has 1 fully saturated rings. The van der Waals surface area contributed by atoms with E-state index in [0.717, 1.165) is 19.4 Å². The van der Waals surface area contributed by atoms with Gasteiger partial charge in [0.15, 0.2) is 0 Å². The number of hydrogen-bond donors (Lipinski definition) is 1. The zero-order valence-corrected chi connectivity index (χ0v) is 9.01. The molecule has 1 N–H and O–H groups in total. The Morgan fingerprint density at radius 3 is 3.21 bits per heavy atom. The summed E-state index contributed by atoms with van der Waals surface area (Å²) < 4.78 is 0. The normalized spacial score (nSPS) is 21.2. The van der Waals surface area contributed by atoms with Gasteiger partial charge in [0.1, 0.15) is 0 Å². The molecule has 0 saturated carbocycles. The van der Waals surface area contributed by atoms with Crippen LogP contribution in [0.5, 0.6) is 0 Å². The molecule has 1 aromatic heterocycles. The van der Waals surface area contributed by atoms with Crippen LogP contribution in [-0.4, -0.2) is 24.5 Å². The van der Waals surface area contributed by atoms with Gasteiger partial charge in [0.25, 0.3) is 0 Å². The Bertz CT molecular complexity index is 310. The third-order valence-electron chi connectivity index (χ3n) is 2.66. The van der Waals surface area contributed by atoms with E-state index in [4.69, 9.17) is 0 Å². The van der Waals surface area contributed by atoms with Gasteiger partial charge in [-0.15, -0.1) is 0 Å². The largest absolute Gasteiger partial charge is 0.341 e. The molecule has 1 aliphatic rings. The molecule has 4 heteroatoms. The quantitative estimate of drug-likeness (QED) is 0.757. The van der Waals surface area contributed by atoms with Gasteiger partial charge in [-0.05, 0) is 35.2 Å². The van der Waals surface area contributed by atoms with Crippen molar-refractivity contribution >= 4 is 17.4 Å². The predicted octanol–water partition coefficient (Wildman–Crippen LogP) is 2.22. The van der Waals surface area contributed by atoms with E-state index < -0.39 is 0 Å². The number of amides is 2. The van der Waals surface area contributed by atoms with Gasteiger partial charge in [0.05, 0.1) is 6.04 Å². The van der Waals surface area contributed by atoms with E-state index in [2.05, 4.69) is 22.1 Å². The molecule has 1 saturated heterocycles. The van der Waals surface area contributed by atoms with Crippen LogP contribution < -0.4 is 5.32 Å². The van der Waals surface area contributed by atoms with Crippen LogP contribution in [0.1, 0.15) is 24.4 Å². The number of nitrogens with zero attached hydrogens (tertiary/aromatic N) is 1. The first-order valence-electron chi connectivity index (χ1n) is 4.83. The van der Waals surface area contributed by atoms with Gasteiger partial charge in [0, 0.05) is 13.6 Å². The number of urea groups is 1. The number of likely N-dealkylation sites (tertiary alicyclic amines) is 1. The minimum absolute atomic E-state index is 0.0405. The number of rotatable bonds is 1. The minimum atomic E-state index is 0.0405. The lowest BCUT2D eigenvalue weighted by Crippen LogP contribution is -2.37. The summed E-state index contributed by atoms with van der Waals surface area (Å²) in [5, 5.41) is 6.89. The molecule has 0 radical (unpaired) electrons. The highest BCUT2D eigenvalue weighted by atomic mass is 32.1. The second kappa shape index (κ2) is 4.00. The Kier molecular flexibility index (Phi) is 2.72. The summed E-state index contributed by atoms with van der Waals surface area (Å²) in [5.41, 5.74) is 1.27. The first-order valence-corrected chi connectivity index (χ1v) is 5.77. The maximum absolute atomic E-state index is 11.5. The Morgan fingerprint density at radius 1 is 1.71 bits per heavy atom. The third-order valence-corrected chi connectivity index (χ3v) is 3.36. The van der Waals surface area contributed by atoms with Crippen LogP contribution >= 0.6 is 11.3 Å². The molecule has 2 heterocycles. The Morgan fingerprint density at radius 2 is 2.57 bits per heavy atom. The van der Waals surface area contributed by atoms with Crippen molar-refractivity contribution in [2.45, 2.75) is 18.9 Å². The smallest absolute Gasteiger partial charge is 0.317 e. The molecule has 3 nitrogen and oxygen atoms in total. The fourth-order valence-electron chi connectivity index (χ4n) is 1.96. The summed E-state index contributed by atoms with van der Waals surface area (Å²) >= 11 is 1.69. The summed E-state index contributed by atoms with van der Waals surface area (Å²) in [7, 11) is 1.69. The number of nitrogens with one attached hydrogen (secondary N) is 1. The minimum Gasteiger partial charge on any atom is -0.341 e. The average Bonchev–Trinajstić information content (AvgIpc) is 2.85. The summed E-state index contributed by atoms with van der Waals surface area (Å²) in [5.74, 6) is 0. The Balaban J connectivity index is 2.15. The van der Waals surface area contributed by atoms with Gasteiger partial charge < -0.3 is 10.2 Å². The fourth-order valence-corrected chi connectivity index (χ4v) is 2.67. The third kappa shape index (κ3) is 1.62. The number of thiophene rings is 1. The highest BCUT2D eigenvalue weighted by molar-refractivity contribution is 7.07. The van der Waals surface area contributed by atoms with E-state index in [1.165, 1.54) is 5.56 Å². The summed E-state index contributed by atoms with van der Waals surface area (Å²) in [6.07, 6.45) is 2.19. The SMILES string of the molecule is CNC(=O)N1CCC[C@H]1c1ccsc1. The predicted molar refractivity (Wildman–Crippen MR) is 57.5 cm³/mol. The molecular formula is C10H14N2OS. The lowest BCUT2D eigenvalue weighted by molar-refractivity contribution is 0.195. The molecule has 1 aliphatic heterocycles. The van der Waals surface area contributed by atoms with E-state index >= 15 is 0 Å². The van der Waals surface area contributed by atoms with Crippen LogP contribution in [0.15, 0.2) is 16.8 Å². The lowest BCUT2D eigenvalue weighted by Gasteiger charge is -2.23. The molecule has 0 bridgehead atoms. The number of carbonyl (C=O) groups is 1. The highest BCUT2D eigenvalue weighted by Crippen LogP contribution is 2.32. The van der Waals surface area contributed by atoms with Crippen molar-refractivity contribution in [1.29, 1.82) is 0 Å². The van der Waals surface area contributed by atoms with E-state index in [0.29, 0.717) is 6.04 Å². The van der Waals surface area contributed by atoms with E-state index in [-0.39, 0.29) is 6.03 Å². The summed E-state index contributed by atoms with van der Waals surface area (Å²) in [4.78, 5) is 13.5. The molecule has 0 aliphatic carbocycles. The number of carbonyl (C=O) groups excluding carboxylic acids is 1. The van der Waals surface area contributed by atoms with Crippen LogP contribution in [0.4, 0.5) is 4.79 Å². The maximum Gasteiger partial charge on any atom is 0.317 e. The standard InChI is InChI=1S/C10H14N2OS/c1-11-10(13)12-5-2-3-9(12)8-4-6-14-7-8/h4,6-7,9H,2-3,5H2,1H3,(H,11,13)/t9-/m0/s1. The molecule has 2 rings (SSSR count). The van der Waals surface area contributed by atoms with Crippen LogP contribution in [0, 0.1) is 0 Å². The van der Waals surface area contributed by atoms with Crippen LogP contribution in [0.25, 0.3) is 0 Å². The van der Waals surface area contributed by atoms with Crippen molar-refractivity contribution in [1.82, 2.24) is 10.2 Å². The first kappa shape index (κ1) is 9.52. The topological polar surface area (TPSA) is 32.3 Å². The maximum atomic E-state index is 11.5. The highest BCUT2D eigenvalue weighted by Gasteiger charge is 2.29. The molecule has 2 amide bonds. The summed E-state index contributed by atoms with van der Waals surface area (Å²) in [6.45, 7) is 0.875. The van der Waals surface area contributed by atoms with Crippen LogP contribution in [-0.2, 0) is 0 Å². The lowest BCUT2D eigenvalue weighted by atomic mass is 10.1. The van der Waals surface area contributed by atoms with Crippen LogP contribution in [0.3, 0.4) is 0 Å². The zero-order chi connectivity index (χ0) is 9.97. The first-order chi connectivity index (χ1) is 6.83. The van der Waals surface area contributed by atoms with E-state index in [9.17, 15) is 4.79 Å². The van der Waals surface area contributed by atoms with Crippen molar-refractivity contribution in [3.8, 4) is 0 Å². The molecule has 0 unspecified atom stereocenters. The average molecular weight is 210 g/mol. The van der Waals surface area contributed by atoms with Crippen molar-refractivity contribution in [2.75, 3.05) is 13.6 Å². The second-order valence-electron chi connectivity index (χ2n) is 3.46. The molecule has 0 aromatic carbocycles. The fraction of sp³-hybridized carbons (Fsp3) is 0.500. The van der Waals surface area contributed by atoms with Crippen molar-refractivity contribution in [3.05, 3.63) is 22.4 Å². The van der Waals surface area contributed by atoms with Gasteiger partial charge in [-0.1, -0.05) is 0 Å². The van der Waals surface area contributed by atoms with Gasteiger partial charge in [-0.3, -0.25) is 0 Å². The monoisotopic (exact) mass is 210 g/mol. The van der Waals surface area contributed by atoms with Crippen molar-refractivity contribution in [2.24, 2.45) is 0 Å². The second-order valence-corrected chi connectivity index (χ2v) is 4.24. The van der Waals surface area contributed by atoms with Crippen molar-refractivity contribution < 1.29 is 4.79 Å². The Hall–Kier alpha value is -1.03. The van der Waals surface area contributed by atoms with Gasteiger partial charge in [-0.2, -0.15) is 11.3 Å². The molecule has 1 aromatic rings. The van der Waals surface area contributed by atoms with Crippen molar-refractivity contribution in [3.63, 3.8) is 0 Å². The molecule has 76 valence electrons. The molecule has 0 spiro atoms. The summed E-state index contributed by atoms with van der Waals surface area (Å²) in [6, 6.07) is 2.44. The van der Waals surface area contributed by atoms with E-state index in [1.807, 2.05) is 4.90 Å². The van der Waals surface area contributed by atoms with Crippen LogP contribution in [0.2, 0.25) is 0 Å².